The number of piperidine rings is 1. The molecule has 5 rings (SSSR count). The molecule has 1 saturated heterocycles. The van der Waals surface area contributed by atoms with E-state index in [0.717, 1.165) is 52.4 Å². The monoisotopic (exact) mass is 389 g/mol. The molecular weight excluding hydrogens is 366 g/mol. The summed E-state index contributed by atoms with van der Waals surface area (Å²) in [7, 11) is 1.65. The summed E-state index contributed by atoms with van der Waals surface area (Å²) in [6, 6.07) is 8.11. The summed E-state index contributed by atoms with van der Waals surface area (Å²) in [6.07, 6.45) is 9.50. The fourth-order valence-corrected chi connectivity index (χ4v) is 3.86. The molecule has 1 aromatic carbocycles. The number of fused-ring (bicyclic) bond motifs is 1. The summed E-state index contributed by atoms with van der Waals surface area (Å²) in [5, 5.41) is 16.8. The van der Waals surface area contributed by atoms with Crippen LogP contribution in [0, 0.1) is 0 Å². The van der Waals surface area contributed by atoms with Crippen molar-refractivity contribution in [2.24, 2.45) is 0 Å². The summed E-state index contributed by atoms with van der Waals surface area (Å²) in [5.74, 6) is 1.82. The third-order valence-electron chi connectivity index (χ3n) is 5.42. The molecule has 8 heteroatoms. The lowest BCUT2D eigenvalue weighted by molar-refractivity contribution is 0.415. The summed E-state index contributed by atoms with van der Waals surface area (Å²) >= 11 is 0. The maximum Gasteiger partial charge on any atom is 0.128 e. The van der Waals surface area contributed by atoms with Gasteiger partial charge in [-0.15, -0.1) is 5.10 Å². The number of H-pyrrole nitrogens is 1. The average molecular weight is 389 g/mol. The minimum Gasteiger partial charge on any atom is -0.497 e. The highest BCUT2D eigenvalue weighted by Gasteiger charge is 2.14. The van der Waals surface area contributed by atoms with Crippen molar-refractivity contribution in [2.45, 2.75) is 25.8 Å². The molecule has 0 radical (unpaired) electrons. The largest absolute Gasteiger partial charge is 0.497 e. The van der Waals surface area contributed by atoms with Gasteiger partial charge in [-0.25, -0.2) is 9.67 Å². The Balaban J connectivity index is 1.36. The predicted molar refractivity (Wildman–Crippen MR) is 111 cm³/mol. The molecule has 1 aliphatic rings. The highest BCUT2D eigenvalue weighted by Crippen LogP contribution is 2.30. The van der Waals surface area contributed by atoms with Gasteiger partial charge in [-0.3, -0.25) is 5.10 Å². The van der Waals surface area contributed by atoms with Crippen LogP contribution in [0.2, 0.25) is 0 Å². The zero-order valence-electron chi connectivity index (χ0n) is 16.4. The van der Waals surface area contributed by atoms with Gasteiger partial charge in [-0.05, 0) is 37.0 Å². The Kier molecular flexibility index (Phi) is 4.59. The third kappa shape index (κ3) is 3.53. The van der Waals surface area contributed by atoms with E-state index in [2.05, 4.69) is 42.5 Å². The molecule has 0 atom stereocenters. The van der Waals surface area contributed by atoms with Crippen molar-refractivity contribution in [3.05, 3.63) is 48.4 Å². The van der Waals surface area contributed by atoms with Crippen molar-refractivity contribution in [3.63, 3.8) is 0 Å². The molecule has 0 unspecified atom stereocenters. The first kappa shape index (κ1) is 17.7. The van der Waals surface area contributed by atoms with E-state index in [1.54, 1.807) is 13.3 Å². The third-order valence-corrected chi connectivity index (χ3v) is 5.42. The minimum absolute atomic E-state index is 0.624. The number of anilines is 1. The van der Waals surface area contributed by atoms with E-state index in [1.165, 1.54) is 19.3 Å². The lowest BCUT2D eigenvalue weighted by atomic mass is 10.1. The van der Waals surface area contributed by atoms with E-state index >= 15 is 0 Å². The average Bonchev–Trinajstić information content (AvgIpc) is 3.43. The fourth-order valence-electron chi connectivity index (χ4n) is 3.86. The Morgan fingerprint density at radius 1 is 1.10 bits per heavy atom. The molecule has 1 N–H and O–H groups in total. The molecule has 0 saturated carbocycles. The number of nitrogens with one attached hydrogen (secondary N) is 1. The Morgan fingerprint density at radius 3 is 2.79 bits per heavy atom. The topological polar surface area (TPSA) is 84.8 Å². The van der Waals surface area contributed by atoms with Crippen molar-refractivity contribution in [1.82, 2.24) is 30.2 Å². The molecule has 4 heterocycles. The maximum absolute atomic E-state index is 5.40. The Bertz CT molecular complexity index is 1110. The van der Waals surface area contributed by atoms with E-state index in [1.807, 2.05) is 29.2 Å². The van der Waals surface area contributed by atoms with Gasteiger partial charge in [-0.2, -0.15) is 5.10 Å². The van der Waals surface area contributed by atoms with Crippen LogP contribution in [0.15, 0.2) is 42.9 Å². The van der Waals surface area contributed by atoms with E-state index in [9.17, 15) is 0 Å². The molecule has 148 valence electrons. The standard InChI is InChI=1S/C21H23N7O/c1-29-16-9-17(18-12-23-24-19(18)10-16)20-14-28(26-25-20)13-15-5-6-21(22-11-15)27-7-3-2-4-8-27/h5-6,9-12,14H,2-4,7-8,13H2,1H3,(H,23,24). The first-order chi connectivity index (χ1) is 14.3. The van der Waals surface area contributed by atoms with Crippen LogP contribution in [0.5, 0.6) is 5.75 Å². The highest BCUT2D eigenvalue weighted by molar-refractivity contribution is 5.94. The molecule has 3 aromatic heterocycles. The van der Waals surface area contributed by atoms with Gasteiger partial charge in [0.1, 0.15) is 17.3 Å². The van der Waals surface area contributed by atoms with Crippen LogP contribution in [0.3, 0.4) is 0 Å². The van der Waals surface area contributed by atoms with Gasteiger partial charge in [0.05, 0.1) is 31.6 Å². The van der Waals surface area contributed by atoms with Crippen molar-refractivity contribution in [2.75, 3.05) is 25.1 Å². The van der Waals surface area contributed by atoms with Crippen LogP contribution in [0.25, 0.3) is 22.2 Å². The number of benzene rings is 1. The van der Waals surface area contributed by atoms with Gasteiger partial charge in [0.2, 0.25) is 0 Å². The second kappa shape index (κ2) is 7.54. The Labute approximate surface area is 168 Å². The number of hydrogen-bond acceptors (Lipinski definition) is 6. The van der Waals surface area contributed by atoms with Gasteiger partial charge < -0.3 is 9.64 Å². The lowest BCUT2D eigenvalue weighted by Gasteiger charge is -2.27. The Morgan fingerprint density at radius 2 is 2.00 bits per heavy atom. The van der Waals surface area contributed by atoms with Gasteiger partial charge in [0, 0.05) is 36.3 Å². The van der Waals surface area contributed by atoms with E-state index < -0.39 is 0 Å². The maximum atomic E-state index is 5.40. The summed E-state index contributed by atoms with van der Waals surface area (Å²) in [6.45, 7) is 2.82. The molecule has 1 fully saturated rings. The van der Waals surface area contributed by atoms with Crippen LogP contribution in [-0.2, 0) is 6.54 Å². The number of rotatable bonds is 5. The molecule has 0 bridgehead atoms. The SMILES string of the molecule is COc1cc(-c2cn(Cc3ccc(N4CCCCC4)nc3)nn2)c2cn[nH]c2c1. The molecule has 0 aliphatic carbocycles. The molecule has 4 aromatic rings. The molecule has 0 spiro atoms. The molecule has 29 heavy (non-hydrogen) atoms. The summed E-state index contributed by atoms with van der Waals surface area (Å²) in [5.41, 5.74) is 3.74. The fraction of sp³-hybridized carbons (Fsp3) is 0.333. The van der Waals surface area contributed by atoms with Gasteiger partial charge in [0.15, 0.2) is 0 Å². The summed E-state index contributed by atoms with van der Waals surface area (Å²) in [4.78, 5) is 7.02. The number of nitrogens with zero attached hydrogens (tertiary/aromatic N) is 6. The van der Waals surface area contributed by atoms with Crippen molar-refractivity contribution in [3.8, 4) is 17.0 Å². The number of aromatic nitrogens is 6. The van der Waals surface area contributed by atoms with Crippen molar-refractivity contribution >= 4 is 16.7 Å². The normalized spacial score (nSPS) is 14.4. The van der Waals surface area contributed by atoms with Crippen LogP contribution in [0.1, 0.15) is 24.8 Å². The quantitative estimate of drug-likeness (QED) is 0.564. The van der Waals surface area contributed by atoms with Crippen molar-refractivity contribution < 1.29 is 4.74 Å². The van der Waals surface area contributed by atoms with Gasteiger partial charge in [0.25, 0.3) is 0 Å². The second-order valence-electron chi connectivity index (χ2n) is 7.38. The highest BCUT2D eigenvalue weighted by atomic mass is 16.5. The zero-order chi connectivity index (χ0) is 19.6. The molecule has 1 aliphatic heterocycles. The first-order valence-electron chi connectivity index (χ1n) is 9.92. The summed E-state index contributed by atoms with van der Waals surface area (Å²) < 4.78 is 7.23. The molecular formula is C21H23N7O. The van der Waals surface area contributed by atoms with Crippen LogP contribution in [0.4, 0.5) is 5.82 Å². The lowest BCUT2D eigenvalue weighted by Crippen LogP contribution is -2.30. The number of aromatic amines is 1. The van der Waals surface area contributed by atoms with Gasteiger partial charge >= 0.3 is 0 Å². The predicted octanol–water partition coefficient (Wildman–Crippen LogP) is 3.26. The Hall–Kier alpha value is -3.42. The number of ether oxygens (including phenoxy) is 1. The first-order valence-corrected chi connectivity index (χ1v) is 9.92. The van der Waals surface area contributed by atoms with Crippen LogP contribution >= 0.6 is 0 Å². The number of hydrogen-bond donors (Lipinski definition) is 1. The molecule has 8 nitrogen and oxygen atoms in total. The van der Waals surface area contributed by atoms with Gasteiger partial charge in [-0.1, -0.05) is 11.3 Å². The van der Waals surface area contributed by atoms with E-state index in [4.69, 9.17) is 4.74 Å². The van der Waals surface area contributed by atoms with Crippen molar-refractivity contribution in [1.29, 1.82) is 0 Å². The number of pyridine rings is 1. The van der Waals surface area contributed by atoms with E-state index in [-0.39, 0.29) is 0 Å². The number of methoxy groups -OCH3 is 1. The van der Waals surface area contributed by atoms with Crippen LogP contribution in [-0.4, -0.2) is 50.4 Å². The zero-order valence-corrected chi connectivity index (χ0v) is 16.4. The second-order valence-corrected chi connectivity index (χ2v) is 7.38. The smallest absolute Gasteiger partial charge is 0.128 e. The minimum atomic E-state index is 0.624. The molecule has 0 amide bonds. The van der Waals surface area contributed by atoms with E-state index in [0.29, 0.717) is 6.54 Å². The van der Waals surface area contributed by atoms with Crippen LogP contribution < -0.4 is 9.64 Å².